The lowest BCUT2D eigenvalue weighted by molar-refractivity contribution is 0.475. The predicted octanol–water partition coefficient (Wildman–Crippen LogP) is 4.35. The van der Waals surface area contributed by atoms with Gasteiger partial charge in [0.2, 0.25) is 0 Å². The second kappa shape index (κ2) is 6.19. The molecule has 0 saturated heterocycles. The molecule has 16 heavy (non-hydrogen) atoms. The molecule has 2 aromatic carbocycles. The molecule has 0 amide bonds. The van der Waals surface area contributed by atoms with Gasteiger partial charge in [0.1, 0.15) is 5.75 Å². The molecule has 0 aliphatic heterocycles. The van der Waals surface area contributed by atoms with Crippen LogP contribution < -0.4 is 0 Å². The fourth-order valence-corrected chi connectivity index (χ4v) is 1.40. The Morgan fingerprint density at radius 3 is 1.88 bits per heavy atom. The van der Waals surface area contributed by atoms with Gasteiger partial charge in [-0.15, -0.1) is 0 Å². The molecule has 1 N–H and O–H groups in total. The van der Waals surface area contributed by atoms with Gasteiger partial charge in [-0.05, 0) is 43.7 Å². The van der Waals surface area contributed by atoms with Crippen molar-refractivity contribution in [3.8, 4) is 5.75 Å². The van der Waals surface area contributed by atoms with Crippen LogP contribution in [0, 0.1) is 13.8 Å². The minimum absolute atomic E-state index is 0.329. The van der Waals surface area contributed by atoms with Crippen molar-refractivity contribution in [3.05, 3.63) is 64.7 Å². The summed E-state index contributed by atoms with van der Waals surface area (Å²) in [6, 6.07) is 14.9. The minimum atomic E-state index is 0.329. The number of rotatable bonds is 0. The van der Waals surface area contributed by atoms with E-state index in [4.69, 9.17) is 16.7 Å². The second-order valence-electron chi connectivity index (χ2n) is 3.63. The molecule has 0 bridgehead atoms. The first-order valence-corrected chi connectivity index (χ1v) is 5.43. The number of aryl methyl sites for hydroxylation is 2. The molecule has 0 radical (unpaired) electrons. The summed E-state index contributed by atoms with van der Waals surface area (Å²) in [5.41, 5.74) is 2.38. The van der Waals surface area contributed by atoms with Crippen LogP contribution in [0.1, 0.15) is 11.1 Å². The average Bonchev–Trinajstić information content (AvgIpc) is 2.23. The van der Waals surface area contributed by atoms with Gasteiger partial charge in [-0.3, -0.25) is 0 Å². The maximum atomic E-state index is 8.76. The third-order valence-electron chi connectivity index (χ3n) is 2.01. The van der Waals surface area contributed by atoms with Crippen molar-refractivity contribution in [1.82, 2.24) is 0 Å². The van der Waals surface area contributed by atoms with E-state index < -0.39 is 0 Å². The molecule has 2 heteroatoms. The number of benzene rings is 2. The van der Waals surface area contributed by atoms with E-state index >= 15 is 0 Å². The van der Waals surface area contributed by atoms with Crippen molar-refractivity contribution in [1.29, 1.82) is 0 Å². The largest absolute Gasteiger partial charge is 0.508 e. The topological polar surface area (TPSA) is 20.2 Å². The van der Waals surface area contributed by atoms with Crippen molar-refractivity contribution in [2.24, 2.45) is 0 Å². The molecule has 1 nitrogen and oxygen atoms in total. The lowest BCUT2D eigenvalue weighted by Crippen LogP contribution is -1.66. The van der Waals surface area contributed by atoms with Crippen LogP contribution in [0.15, 0.2) is 48.5 Å². The van der Waals surface area contributed by atoms with E-state index in [1.165, 1.54) is 11.1 Å². The summed E-state index contributed by atoms with van der Waals surface area (Å²) in [6.45, 7) is 4.01. The molecule has 2 rings (SSSR count). The van der Waals surface area contributed by atoms with Gasteiger partial charge in [0.25, 0.3) is 0 Å². The normalized spacial score (nSPS) is 9.19. The number of phenolic OH excluding ortho intramolecular Hbond substituents is 1. The van der Waals surface area contributed by atoms with Crippen LogP contribution in [0.3, 0.4) is 0 Å². The molecule has 0 unspecified atom stereocenters. The number of hydrogen-bond acceptors (Lipinski definition) is 1. The third kappa shape index (κ3) is 4.85. The van der Waals surface area contributed by atoms with Gasteiger partial charge in [-0.2, -0.15) is 0 Å². The van der Waals surface area contributed by atoms with Gasteiger partial charge < -0.3 is 5.11 Å². The zero-order chi connectivity index (χ0) is 12.0. The maximum absolute atomic E-state index is 8.76. The first-order valence-electron chi connectivity index (χ1n) is 5.06. The highest BCUT2D eigenvalue weighted by molar-refractivity contribution is 6.30. The number of halogens is 1. The Kier molecular flexibility index (Phi) is 4.87. The van der Waals surface area contributed by atoms with Crippen molar-refractivity contribution < 1.29 is 5.11 Å². The zero-order valence-corrected chi connectivity index (χ0v) is 10.2. The van der Waals surface area contributed by atoms with E-state index in [1.54, 1.807) is 12.1 Å². The highest BCUT2D eigenvalue weighted by Gasteiger charge is 1.83. The van der Waals surface area contributed by atoms with Crippen LogP contribution in [0.4, 0.5) is 0 Å². The summed E-state index contributed by atoms with van der Waals surface area (Å²) in [5.74, 6) is 0.329. The predicted molar refractivity (Wildman–Crippen MR) is 69.0 cm³/mol. The lowest BCUT2D eigenvalue weighted by Gasteiger charge is -1.89. The van der Waals surface area contributed by atoms with Crippen LogP contribution >= 0.6 is 11.6 Å². The van der Waals surface area contributed by atoms with Gasteiger partial charge in [0.05, 0.1) is 0 Å². The van der Waals surface area contributed by atoms with Crippen molar-refractivity contribution in [3.63, 3.8) is 0 Å². The molecule has 2 aromatic rings. The van der Waals surface area contributed by atoms with Crippen molar-refractivity contribution >= 4 is 11.6 Å². The average molecular weight is 235 g/mol. The Bertz CT molecular complexity index is 396. The lowest BCUT2D eigenvalue weighted by atomic mass is 10.2. The monoisotopic (exact) mass is 234 g/mol. The van der Waals surface area contributed by atoms with Gasteiger partial charge in [0.15, 0.2) is 0 Å². The Hall–Kier alpha value is -1.47. The Labute approximate surface area is 101 Å². The molecule has 0 heterocycles. The second-order valence-corrected chi connectivity index (χ2v) is 4.07. The summed E-state index contributed by atoms with van der Waals surface area (Å²) in [5, 5.41) is 9.57. The Morgan fingerprint density at radius 1 is 0.875 bits per heavy atom. The fourth-order valence-electron chi connectivity index (χ4n) is 1.15. The Morgan fingerprint density at radius 2 is 1.50 bits per heavy atom. The first kappa shape index (κ1) is 12.6. The summed E-state index contributed by atoms with van der Waals surface area (Å²) in [6.07, 6.45) is 0. The van der Waals surface area contributed by atoms with Gasteiger partial charge >= 0.3 is 0 Å². The zero-order valence-electron chi connectivity index (χ0n) is 9.44. The molecular weight excluding hydrogens is 220 g/mol. The van der Waals surface area contributed by atoms with E-state index in [-0.39, 0.29) is 0 Å². The standard InChI is InChI=1S/C7H7Cl.C7H8O/c1-6-3-2-4-7(8)5-6;1-6-2-4-7(8)5-3-6/h2-5H,1H3;2-5,8H,1H3. The molecule has 0 atom stereocenters. The third-order valence-corrected chi connectivity index (χ3v) is 2.25. The van der Waals surface area contributed by atoms with E-state index in [0.717, 1.165) is 5.02 Å². The van der Waals surface area contributed by atoms with Crippen LogP contribution in [0.2, 0.25) is 5.02 Å². The maximum Gasteiger partial charge on any atom is 0.115 e. The molecule has 0 aromatic heterocycles. The van der Waals surface area contributed by atoms with E-state index in [1.807, 2.05) is 50.2 Å². The summed E-state index contributed by atoms with van der Waals surface area (Å²) in [4.78, 5) is 0. The number of aromatic hydroxyl groups is 1. The van der Waals surface area contributed by atoms with Crippen LogP contribution in [0.5, 0.6) is 5.75 Å². The quantitative estimate of drug-likeness (QED) is 0.719. The highest BCUT2D eigenvalue weighted by atomic mass is 35.5. The summed E-state index contributed by atoms with van der Waals surface area (Å²) in [7, 11) is 0. The van der Waals surface area contributed by atoms with E-state index in [0.29, 0.717) is 5.75 Å². The molecular formula is C14H15ClO. The summed E-state index contributed by atoms with van der Waals surface area (Å²) < 4.78 is 0. The van der Waals surface area contributed by atoms with Crippen molar-refractivity contribution in [2.45, 2.75) is 13.8 Å². The van der Waals surface area contributed by atoms with Gasteiger partial charge in [-0.1, -0.05) is 41.4 Å². The van der Waals surface area contributed by atoms with Gasteiger partial charge in [0, 0.05) is 5.02 Å². The minimum Gasteiger partial charge on any atom is -0.508 e. The molecule has 0 fully saturated rings. The summed E-state index contributed by atoms with van der Waals surface area (Å²) >= 11 is 5.64. The van der Waals surface area contributed by atoms with Crippen LogP contribution in [-0.4, -0.2) is 5.11 Å². The molecule has 0 spiro atoms. The number of hydrogen-bond donors (Lipinski definition) is 1. The molecule has 84 valence electrons. The van der Waals surface area contributed by atoms with Crippen molar-refractivity contribution in [2.75, 3.05) is 0 Å². The van der Waals surface area contributed by atoms with Crippen LogP contribution in [-0.2, 0) is 0 Å². The highest BCUT2D eigenvalue weighted by Crippen LogP contribution is 2.08. The Balaban J connectivity index is 0.000000160. The molecule has 0 saturated carbocycles. The van der Waals surface area contributed by atoms with Gasteiger partial charge in [-0.25, -0.2) is 0 Å². The molecule has 0 aliphatic carbocycles. The SMILES string of the molecule is Cc1ccc(O)cc1.Cc1cccc(Cl)c1. The fraction of sp³-hybridized carbons (Fsp3) is 0.143. The number of phenols is 1. The van der Waals surface area contributed by atoms with E-state index in [9.17, 15) is 0 Å². The molecule has 0 aliphatic rings. The van der Waals surface area contributed by atoms with E-state index in [2.05, 4.69) is 0 Å². The smallest absolute Gasteiger partial charge is 0.115 e. The first-order chi connectivity index (χ1) is 7.58. The van der Waals surface area contributed by atoms with Crippen LogP contribution in [0.25, 0.3) is 0 Å².